The lowest BCUT2D eigenvalue weighted by Crippen LogP contribution is -2.27. The second kappa shape index (κ2) is 5.11. The molecule has 1 atom stereocenters. The SMILES string of the molecule is C=C(C1CCCC1)C1CCC2=C(C1)C(C)(C)CCC2. The smallest absolute Gasteiger partial charge is 0.0142 e. The summed E-state index contributed by atoms with van der Waals surface area (Å²) in [5.41, 5.74) is 5.74. The predicted molar refractivity (Wildman–Crippen MR) is 83.1 cm³/mol. The van der Waals surface area contributed by atoms with E-state index in [1.54, 1.807) is 5.57 Å². The van der Waals surface area contributed by atoms with E-state index in [1.807, 2.05) is 11.1 Å². The summed E-state index contributed by atoms with van der Waals surface area (Å²) >= 11 is 0. The Morgan fingerprint density at radius 1 is 1.00 bits per heavy atom. The Morgan fingerprint density at radius 2 is 1.74 bits per heavy atom. The van der Waals surface area contributed by atoms with Crippen molar-refractivity contribution >= 4 is 0 Å². The van der Waals surface area contributed by atoms with Crippen molar-refractivity contribution in [3.8, 4) is 0 Å². The molecule has 0 aromatic heterocycles. The highest BCUT2D eigenvalue weighted by atomic mass is 14.4. The molecule has 19 heavy (non-hydrogen) atoms. The molecule has 0 spiro atoms. The molecule has 0 radical (unpaired) electrons. The van der Waals surface area contributed by atoms with Crippen molar-refractivity contribution in [1.82, 2.24) is 0 Å². The van der Waals surface area contributed by atoms with Gasteiger partial charge in [0.05, 0.1) is 0 Å². The van der Waals surface area contributed by atoms with Gasteiger partial charge in [0, 0.05) is 0 Å². The van der Waals surface area contributed by atoms with Crippen molar-refractivity contribution in [2.75, 3.05) is 0 Å². The molecule has 0 saturated heterocycles. The van der Waals surface area contributed by atoms with Crippen LogP contribution in [-0.4, -0.2) is 0 Å². The lowest BCUT2D eigenvalue weighted by atomic mass is 9.64. The minimum Gasteiger partial charge on any atom is -0.0993 e. The van der Waals surface area contributed by atoms with E-state index < -0.39 is 0 Å². The van der Waals surface area contributed by atoms with Crippen LogP contribution in [0.4, 0.5) is 0 Å². The van der Waals surface area contributed by atoms with Gasteiger partial charge in [0.25, 0.3) is 0 Å². The van der Waals surface area contributed by atoms with Crippen LogP contribution in [0.5, 0.6) is 0 Å². The Kier molecular flexibility index (Phi) is 3.62. The molecule has 1 saturated carbocycles. The zero-order valence-corrected chi connectivity index (χ0v) is 12.9. The van der Waals surface area contributed by atoms with E-state index >= 15 is 0 Å². The molecular formula is C19H30. The molecule has 0 heterocycles. The van der Waals surface area contributed by atoms with Gasteiger partial charge in [-0.25, -0.2) is 0 Å². The molecule has 0 aromatic rings. The van der Waals surface area contributed by atoms with E-state index in [9.17, 15) is 0 Å². The molecule has 3 rings (SSSR count). The van der Waals surface area contributed by atoms with Gasteiger partial charge in [0.2, 0.25) is 0 Å². The monoisotopic (exact) mass is 258 g/mol. The van der Waals surface area contributed by atoms with Crippen LogP contribution < -0.4 is 0 Å². The van der Waals surface area contributed by atoms with Crippen molar-refractivity contribution in [3.05, 3.63) is 23.3 Å². The second-order valence-corrected chi connectivity index (χ2v) is 7.82. The highest BCUT2D eigenvalue weighted by Crippen LogP contribution is 2.50. The summed E-state index contributed by atoms with van der Waals surface area (Å²) < 4.78 is 0. The molecule has 0 aromatic carbocycles. The van der Waals surface area contributed by atoms with Crippen molar-refractivity contribution in [2.45, 2.75) is 78.1 Å². The fourth-order valence-corrected chi connectivity index (χ4v) is 4.86. The standard InChI is InChI=1S/C19H30/c1-14(15-7-4-5-8-15)17-11-10-16-9-6-12-19(2,3)18(16)13-17/h15,17H,1,4-13H2,2-3H3. The van der Waals surface area contributed by atoms with Crippen LogP contribution in [0.3, 0.4) is 0 Å². The van der Waals surface area contributed by atoms with Gasteiger partial charge in [-0.15, -0.1) is 0 Å². The molecule has 0 aliphatic heterocycles. The summed E-state index contributed by atoms with van der Waals surface area (Å²) in [7, 11) is 0. The molecule has 0 heteroatoms. The second-order valence-electron chi connectivity index (χ2n) is 7.82. The van der Waals surface area contributed by atoms with Gasteiger partial charge in [0.1, 0.15) is 0 Å². The van der Waals surface area contributed by atoms with Crippen molar-refractivity contribution in [2.24, 2.45) is 17.3 Å². The maximum absolute atomic E-state index is 4.52. The van der Waals surface area contributed by atoms with E-state index in [2.05, 4.69) is 20.4 Å². The Hall–Kier alpha value is -0.520. The van der Waals surface area contributed by atoms with E-state index in [1.165, 1.54) is 64.2 Å². The third-order valence-corrected chi connectivity index (χ3v) is 6.17. The maximum Gasteiger partial charge on any atom is -0.0142 e. The zero-order valence-electron chi connectivity index (χ0n) is 12.9. The summed E-state index contributed by atoms with van der Waals surface area (Å²) in [6.07, 6.45) is 14.0. The number of hydrogen-bond donors (Lipinski definition) is 0. The molecule has 1 fully saturated rings. The summed E-state index contributed by atoms with van der Waals surface area (Å²) in [5, 5.41) is 0. The molecule has 106 valence electrons. The lowest BCUT2D eigenvalue weighted by molar-refractivity contribution is 0.310. The van der Waals surface area contributed by atoms with Crippen LogP contribution in [0.25, 0.3) is 0 Å². The first-order chi connectivity index (χ1) is 9.08. The average Bonchev–Trinajstić information content (AvgIpc) is 2.91. The Labute approximate surface area is 119 Å². The summed E-state index contributed by atoms with van der Waals surface area (Å²) in [4.78, 5) is 0. The van der Waals surface area contributed by atoms with Gasteiger partial charge >= 0.3 is 0 Å². The first-order valence-corrected chi connectivity index (χ1v) is 8.48. The van der Waals surface area contributed by atoms with Crippen LogP contribution >= 0.6 is 0 Å². The molecule has 0 bridgehead atoms. The van der Waals surface area contributed by atoms with Crippen molar-refractivity contribution in [3.63, 3.8) is 0 Å². The third-order valence-electron chi connectivity index (χ3n) is 6.17. The van der Waals surface area contributed by atoms with Gasteiger partial charge in [-0.2, -0.15) is 0 Å². The minimum atomic E-state index is 0.474. The molecule has 0 nitrogen and oxygen atoms in total. The van der Waals surface area contributed by atoms with Gasteiger partial charge in [-0.3, -0.25) is 0 Å². The highest BCUT2D eigenvalue weighted by Gasteiger charge is 2.35. The first kappa shape index (κ1) is 13.5. The minimum absolute atomic E-state index is 0.474. The van der Waals surface area contributed by atoms with Crippen LogP contribution in [0.2, 0.25) is 0 Å². The van der Waals surface area contributed by atoms with Gasteiger partial charge < -0.3 is 0 Å². The fraction of sp³-hybridized carbons (Fsp3) is 0.789. The fourth-order valence-electron chi connectivity index (χ4n) is 4.86. The molecule has 0 amide bonds. The van der Waals surface area contributed by atoms with Crippen LogP contribution in [0.15, 0.2) is 23.3 Å². The van der Waals surface area contributed by atoms with Gasteiger partial charge in [0.15, 0.2) is 0 Å². The van der Waals surface area contributed by atoms with E-state index in [-0.39, 0.29) is 0 Å². The molecule has 0 N–H and O–H groups in total. The first-order valence-electron chi connectivity index (χ1n) is 8.48. The van der Waals surface area contributed by atoms with Crippen LogP contribution in [0, 0.1) is 17.3 Å². The average molecular weight is 258 g/mol. The molecule has 3 aliphatic carbocycles. The zero-order chi connectivity index (χ0) is 13.5. The largest absolute Gasteiger partial charge is 0.0993 e. The molecular weight excluding hydrogens is 228 g/mol. The summed E-state index contributed by atoms with van der Waals surface area (Å²) in [5.74, 6) is 1.66. The summed E-state index contributed by atoms with van der Waals surface area (Å²) in [6.45, 7) is 9.47. The van der Waals surface area contributed by atoms with Gasteiger partial charge in [-0.1, -0.05) is 50.0 Å². The Bertz CT molecular complexity index is 390. The van der Waals surface area contributed by atoms with Crippen LogP contribution in [0.1, 0.15) is 78.1 Å². The molecule has 1 unspecified atom stereocenters. The maximum atomic E-state index is 4.52. The van der Waals surface area contributed by atoms with Gasteiger partial charge in [-0.05, 0) is 68.6 Å². The molecule has 3 aliphatic rings. The van der Waals surface area contributed by atoms with E-state index in [4.69, 9.17) is 0 Å². The lowest BCUT2D eigenvalue weighted by Gasteiger charge is -2.41. The van der Waals surface area contributed by atoms with Crippen LogP contribution in [-0.2, 0) is 0 Å². The van der Waals surface area contributed by atoms with Crippen molar-refractivity contribution < 1.29 is 0 Å². The Morgan fingerprint density at radius 3 is 2.47 bits per heavy atom. The Balaban J connectivity index is 1.74. The number of hydrogen-bond acceptors (Lipinski definition) is 0. The van der Waals surface area contributed by atoms with E-state index in [0.29, 0.717) is 5.41 Å². The predicted octanol–water partition coefficient (Wildman–Crippen LogP) is 6.04. The topological polar surface area (TPSA) is 0 Å². The number of allylic oxidation sites excluding steroid dienone is 3. The van der Waals surface area contributed by atoms with Crippen molar-refractivity contribution in [1.29, 1.82) is 0 Å². The quantitative estimate of drug-likeness (QED) is 0.530. The highest BCUT2D eigenvalue weighted by molar-refractivity contribution is 5.29. The summed E-state index contributed by atoms with van der Waals surface area (Å²) in [6, 6.07) is 0. The normalized spacial score (nSPS) is 31.4. The number of rotatable bonds is 2. The third kappa shape index (κ3) is 2.56. The van der Waals surface area contributed by atoms with E-state index in [0.717, 1.165) is 11.8 Å².